The number of carbonyl (C=O) groups excluding carboxylic acids is 3. The minimum atomic E-state index is -1.22. The minimum absolute atomic E-state index is 0.0120. The van der Waals surface area contributed by atoms with Crippen molar-refractivity contribution in [3.8, 4) is 0 Å². The molecule has 8 nitrogen and oxygen atoms in total. The predicted octanol–water partition coefficient (Wildman–Crippen LogP) is 2.01. The highest BCUT2D eigenvalue weighted by molar-refractivity contribution is 6.34. The zero-order valence-electron chi connectivity index (χ0n) is 14.6. The van der Waals surface area contributed by atoms with Crippen molar-refractivity contribution >= 4 is 35.7 Å². The van der Waals surface area contributed by atoms with Crippen LogP contribution in [0, 0.1) is 5.92 Å². The molecule has 0 saturated carbocycles. The van der Waals surface area contributed by atoms with Gasteiger partial charge >= 0.3 is 12.1 Å². The Bertz CT molecular complexity index is 709. The number of methoxy groups -OCH3 is 1. The molecule has 0 aliphatic carbocycles. The lowest BCUT2D eigenvalue weighted by Gasteiger charge is -2.14. The van der Waals surface area contributed by atoms with E-state index in [2.05, 4.69) is 14.7 Å². The highest BCUT2D eigenvalue weighted by Crippen LogP contribution is 2.18. The Morgan fingerprint density at radius 3 is 2.92 bits per heavy atom. The van der Waals surface area contributed by atoms with E-state index in [1.165, 1.54) is 30.5 Å². The van der Waals surface area contributed by atoms with Crippen molar-refractivity contribution in [3.63, 3.8) is 0 Å². The second-order valence-electron chi connectivity index (χ2n) is 5.59. The fraction of sp³-hybridized carbons (Fsp3) is 0.471. The summed E-state index contributed by atoms with van der Waals surface area (Å²) in [7, 11) is 1.31. The van der Waals surface area contributed by atoms with E-state index in [0.717, 1.165) is 0 Å². The van der Waals surface area contributed by atoms with E-state index in [1.54, 1.807) is 13.0 Å². The number of aromatic nitrogens is 1. The molecular weight excluding hydrogens is 362 g/mol. The number of ether oxygens (including phenoxy) is 2. The molecule has 0 spiro atoms. The van der Waals surface area contributed by atoms with Crippen molar-refractivity contribution < 1.29 is 23.9 Å². The minimum Gasteiger partial charge on any atom is -0.465 e. The van der Waals surface area contributed by atoms with Crippen LogP contribution in [0.15, 0.2) is 23.3 Å². The first-order valence-corrected chi connectivity index (χ1v) is 8.53. The lowest BCUT2D eigenvalue weighted by Crippen LogP contribution is -2.30. The maximum absolute atomic E-state index is 12.7. The normalized spacial score (nSPS) is 18.0. The van der Waals surface area contributed by atoms with E-state index in [-0.39, 0.29) is 23.4 Å². The molecule has 26 heavy (non-hydrogen) atoms. The van der Waals surface area contributed by atoms with Crippen LogP contribution in [0.3, 0.4) is 0 Å². The number of rotatable bonds is 6. The summed E-state index contributed by atoms with van der Waals surface area (Å²) in [6, 6.07) is 2.83. The number of hydrogen-bond donors (Lipinski definition) is 0. The molecule has 1 aliphatic heterocycles. The summed E-state index contributed by atoms with van der Waals surface area (Å²) in [5.74, 6) is -2.46. The molecule has 1 amide bonds. The molecule has 1 aliphatic rings. The average Bonchev–Trinajstić information content (AvgIpc) is 3.10. The largest absolute Gasteiger partial charge is 0.465 e. The van der Waals surface area contributed by atoms with Crippen LogP contribution in [-0.4, -0.2) is 66.8 Å². The molecular formula is C17H20ClN3O5. The lowest BCUT2D eigenvalue weighted by atomic mass is 10.00. The van der Waals surface area contributed by atoms with Gasteiger partial charge < -0.3 is 14.4 Å². The Balaban J connectivity index is 2.15. The van der Waals surface area contributed by atoms with E-state index in [1.807, 2.05) is 0 Å². The standard InChI is InChI=1S/C17H20ClN3O5/c1-3-26-16(23)13(14(22)12-5-4-7-19-15(12)18)9-20-11-6-8-21(10-11)17(24)25-2/h4-5,7,9,11,13H,3,6,8,10H2,1-2H3. The summed E-state index contributed by atoms with van der Waals surface area (Å²) >= 11 is 5.96. The van der Waals surface area contributed by atoms with Gasteiger partial charge in [-0.25, -0.2) is 9.78 Å². The topological polar surface area (TPSA) is 98.2 Å². The summed E-state index contributed by atoms with van der Waals surface area (Å²) in [6.07, 6.45) is 2.91. The molecule has 1 saturated heterocycles. The summed E-state index contributed by atoms with van der Waals surface area (Å²) in [5, 5.41) is 0.0120. The number of pyridine rings is 1. The van der Waals surface area contributed by atoms with Gasteiger partial charge in [-0.05, 0) is 25.5 Å². The van der Waals surface area contributed by atoms with Crippen molar-refractivity contribution in [2.75, 3.05) is 26.8 Å². The van der Waals surface area contributed by atoms with E-state index < -0.39 is 23.8 Å². The molecule has 0 bridgehead atoms. The van der Waals surface area contributed by atoms with Gasteiger partial charge in [0.25, 0.3) is 0 Å². The molecule has 140 valence electrons. The Morgan fingerprint density at radius 1 is 1.50 bits per heavy atom. The predicted molar refractivity (Wildman–Crippen MR) is 94.6 cm³/mol. The third-order valence-corrected chi connectivity index (χ3v) is 4.19. The van der Waals surface area contributed by atoms with Gasteiger partial charge in [-0.1, -0.05) is 11.6 Å². The Hall–Kier alpha value is -2.48. The van der Waals surface area contributed by atoms with E-state index in [9.17, 15) is 14.4 Å². The highest BCUT2D eigenvalue weighted by atomic mass is 35.5. The number of aliphatic imine (C=N–C) groups is 1. The monoisotopic (exact) mass is 381 g/mol. The molecule has 2 unspecified atom stereocenters. The molecule has 1 aromatic rings. The van der Waals surface area contributed by atoms with E-state index >= 15 is 0 Å². The van der Waals surface area contributed by atoms with Crippen LogP contribution in [0.2, 0.25) is 5.15 Å². The van der Waals surface area contributed by atoms with Gasteiger partial charge in [0.15, 0.2) is 11.7 Å². The summed E-state index contributed by atoms with van der Waals surface area (Å²) in [4.78, 5) is 46.1. The maximum Gasteiger partial charge on any atom is 0.409 e. The van der Waals surface area contributed by atoms with Crippen LogP contribution in [0.4, 0.5) is 4.79 Å². The smallest absolute Gasteiger partial charge is 0.409 e. The quantitative estimate of drug-likeness (QED) is 0.246. The first kappa shape index (κ1) is 19.8. The van der Waals surface area contributed by atoms with Crippen molar-refractivity contribution in [2.45, 2.75) is 19.4 Å². The first-order chi connectivity index (χ1) is 12.5. The van der Waals surface area contributed by atoms with Crippen molar-refractivity contribution in [1.29, 1.82) is 0 Å². The van der Waals surface area contributed by atoms with Crippen LogP contribution in [0.5, 0.6) is 0 Å². The fourth-order valence-electron chi connectivity index (χ4n) is 2.57. The van der Waals surface area contributed by atoms with Gasteiger partial charge in [-0.2, -0.15) is 0 Å². The molecule has 2 heterocycles. The molecule has 2 rings (SSSR count). The Labute approximate surface area is 156 Å². The highest BCUT2D eigenvalue weighted by Gasteiger charge is 2.31. The first-order valence-electron chi connectivity index (χ1n) is 8.15. The molecule has 0 N–H and O–H groups in total. The second-order valence-corrected chi connectivity index (χ2v) is 5.95. The zero-order chi connectivity index (χ0) is 19.1. The Morgan fingerprint density at radius 2 is 2.27 bits per heavy atom. The number of Topliss-reactive ketones (excluding diaryl/α,β-unsaturated/α-hetero) is 1. The number of halogens is 1. The summed E-state index contributed by atoms with van der Waals surface area (Å²) in [6.45, 7) is 2.65. The number of ketones is 1. The van der Waals surface area contributed by atoms with Crippen LogP contribution in [-0.2, 0) is 14.3 Å². The molecule has 2 atom stereocenters. The molecule has 0 aromatic carbocycles. The second kappa shape index (κ2) is 9.28. The third kappa shape index (κ3) is 4.78. The van der Waals surface area contributed by atoms with Gasteiger partial charge in [0.1, 0.15) is 5.15 Å². The SMILES string of the molecule is CCOC(=O)C(C=NC1CCN(C(=O)OC)C1)C(=O)c1cccnc1Cl. The van der Waals surface area contributed by atoms with Gasteiger partial charge in [-0.15, -0.1) is 0 Å². The van der Waals surface area contributed by atoms with E-state index in [4.69, 9.17) is 16.3 Å². The van der Waals surface area contributed by atoms with Gasteiger partial charge in [0.2, 0.25) is 0 Å². The third-order valence-electron chi connectivity index (χ3n) is 3.89. The van der Waals surface area contributed by atoms with Crippen molar-refractivity contribution in [1.82, 2.24) is 9.88 Å². The summed E-state index contributed by atoms with van der Waals surface area (Å²) < 4.78 is 9.65. The van der Waals surface area contributed by atoms with E-state index in [0.29, 0.717) is 19.5 Å². The number of esters is 1. The van der Waals surface area contributed by atoms with Crippen molar-refractivity contribution in [3.05, 3.63) is 29.0 Å². The van der Waals surface area contributed by atoms with Crippen LogP contribution < -0.4 is 0 Å². The number of hydrogen-bond acceptors (Lipinski definition) is 7. The van der Waals surface area contributed by atoms with Crippen LogP contribution in [0.1, 0.15) is 23.7 Å². The zero-order valence-corrected chi connectivity index (χ0v) is 15.3. The molecule has 0 radical (unpaired) electrons. The maximum atomic E-state index is 12.7. The van der Waals surface area contributed by atoms with Crippen molar-refractivity contribution in [2.24, 2.45) is 10.9 Å². The van der Waals surface area contributed by atoms with Crippen LogP contribution >= 0.6 is 11.6 Å². The van der Waals surface area contributed by atoms with Gasteiger partial charge in [0, 0.05) is 25.5 Å². The fourth-order valence-corrected chi connectivity index (χ4v) is 2.78. The Kier molecular flexibility index (Phi) is 7.08. The molecule has 9 heteroatoms. The average molecular weight is 382 g/mol. The summed E-state index contributed by atoms with van der Waals surface area (Å²) in [5.41, 5.74) is 0.126. The molecule has 1 fully saturated rings. The number of amides is 1. The number of likely N-dealkylation sites (tertiary alicyclic amines) is 1. The van der Waals surface area contributed by atoms with Gasteiger partial charge in [0.05, 0.1) is 25.3 Å². The number of nitrogens with zero attached hydrogens (tertiary/aromatic N) is 3. The lowest BCUT2D eigenvalue weighted by molar-refractivity contribution is -0.143. The van der Waals surface area contributed by atoms with Crippen LogP contribution in [0.25, 0.3) is 0 Å². The number of carbonyl (C=O) groups is 3. The van der Waals surface area contributed by atoms with Gasteiger partial charge in [-0.3, -0.25) is 14.6 Å². The molecule has 1 aromatic heterocycles.